The molecule has 0 aromatic carbocycles. The molecular formula is C12H21NS. The third-order valence-corrected chi connectivity index (χ3v) is 3.37. The average molecular weight is 211 g/mol. The minimum absolute atomic E-state index is 0.807. The van der Waals surface area contributed by atoms with Crippen LogP contribution in [0.2, 0.25) is 0 Å². The van der Waals surface area contributed by atoms with Crippen molar-refractivity contribution < 1.29 is 0 Å². The molecule has 14 heavy (non-hydrogen) atoms. The molecule has 1 aromatic rings. The Balaban J connectivity index is 2.15. The van der Waals surface area contributed by atoms with Gasteiger partial charge in [0, 0.05) is 16.3 Å². The van der Waals surface area contributed by atoms with Gasteiger partial charge in [-0.05, 0) is 37.9 Å². The minimum atomic E-state index is 0.807. The van der Waals surface area contributed by atoms with Crippen LogP contribution in [0.1, 0.15) is 36.4 Å². The number of hydrogen-bond acceptors (Lipinski definition) is 2. The zero-order chi connectivity index (χ0) is 10.4. The summed E-state index contributed by atoms with van der Waals surface area (Å²) in [6.45, 7) is 8.90. The molecule has 2 heteroatoms. The van der Waals surface area contributed by atoms with Crippen LogP contribution in [-0.4, -0.2) is 6.54 Å². The fourth-order valence-corrected chi connectivity index (χ4v) is 2.48. The zero-order valence-corrected chi connectivity index (χ0v) is 10.3. The van der Waals surface area contributed by atoms with Gasteiger partial charge in [-0.15, -0.1) is 11.3 Å². The Morgan fingerprint density at radius 1 is 1.43 bits per heavy atom. The van der Waals surface area contributed by atoms with E-state index in [9.17, 15) is 0 Å². The summed E-state index contributed by atoms with van der Waals surface area (Å²) >= 11 is 1.89. The standard InChI is InChI=1S/C12H21NS/c1-4-5-10(2)8-13-9-12-7-6-11(3)14-12/h6-7,10,13H,4-5,8-9H2,1-3H3. The highest BCUT2D eigenvalue weighted by Gasteiger charge is 2.00. The van der Waals surface area contributed by atoms with Crippen molar-refractivity contribution in [1.29, 1.82) is 0 Å². The highest BCUT2D eigenvalue weighted by atomic mass is 32.1. The van der Waals surface area contributed by atoms with Crippen molar-refractivity contribution in [3.63, 3.8) is 0 Å². The molecule has 1 aromatic heterocycles. The van der Waals surface area contributed by atoms with Crippen LogP contribution in [0.5, 0.6) is 0 Å². The molecule has 0 amide bonds. The van der Waals surface area contributed by atoms with Crippen LogP contribution in [0.4, 0.5) is 0 Å². The first-order valence-corrected chi connectivity index (χ1v) is 6.30. The maximum Gasteiger partial charge on any atom is 0.0299 e. The Kier molecular flexibility index (Phi) is 5.20. The van der Waals surface area contributed by atoms with Gasteiger partial charge in [0.2, 0.25) is 0 Å². The van der Waals surface area contributed by atoms with E-state index < -0.39 is 0 Å². The summed E-state index contributed by atoms with van der Waals surface area (Å²) in [5, 5.41) is 3.51. The quantitative estimate of drug-likeness (QED) is 0.758. The number of hydrogen-bond donors (Lipinski definition) is 1. The molecule has 0 spiro atoms. The predicted octanol–water partition coefficient (Wildman–Crippen LogP) is 3.58. The molecule has 1 N–H and O–H groups in total. The molecule has 1 nitrogen and oxygen atoms in total. The molecule has 0 saturated heterocycles. The summed E-state index contributed by atoms with van der Waals surface area (Å²) in [5.74, 6) is 0.807. The summed E-state index contributed by atoms with van der Waals surface area (Å²) in [6, 6.07) is 4.41. The molecule has 0 radical (unpaired) electrons. The molecule has 1 rings (SSSR count). The van der Waals surface area contributed by atoms with Crippen LogP contribution >= 0.6 is 11.3 Å². The van der Waals surface area contributed by atoms with E-state index in [1.807, 2.05) is 11.3 Å². The van der Waals surface area contributed by atoms with Crippen LogP contribution in [0.15, 0.2) is 12.1 Å². The van der Waals surface area contributed by atoms with E-state index in [4.69, 9.17) is 0 Å². The molecule has 0 aliphatic rings. The third kappa shape index (κ3) is 4.25. The Hall–Kier alpha value is -0.340. The van der Waals surface area contributed by atoms with Gasteiger partial charge >= 0.3 is 0 Å². The summed E-state index contributed by atoms with van der Waals surface area (Å²) < 4.78 is 0. The average Bonchev–Trinajstić information content (AvgIpc) is 2.52. The third-order valence-electron chi connectivity index (χ3n) is 2.37. The molecule has 1 atom stereocenters. The van der Waals surface area contributed by atoms with Crippen LogP contribution in [0.25, 0.3) is 0 Å². The van der Waals surface area contributed by atoms with Gasteiger partial charge in [-0.2, -0.15) is 0 Å². The van der Waals surface area contributed by atoms with E-state index in [-0.39, 0.29) is 0 Å². The van der Waals surface area contributed by atoms with Crippen LogP contribution in [-0.2, 0) is 6.54 Å². The molecule has 80 valence electrons. The summed E-state index contributed by atoms with van der Waals surface area (Å²) in [5.41, 5.74) is 0. The van der Waals surface area contributed by atoms with Crippen molar-refractivity contribution in [2.45, 2.75) is 40.2 Å². The number of thiophene rings is 1. The van der Waals surface area contributed by atoms with Gasteiger partial charge in [0.15, 0.2) is 0 Å². The minimum Gasteiger partial charge on any atom is -0.312 e. The molecule has 0 aliphatic heterocycles. The molecule has 0 bridgehead atoms. The van der Waals surface area contributed by atoms with Crippen molar-refractivity contribution in [2.24, 2.45) is 5.92 Å². The van der Waals surface area contributed by atoms with E-state index in [0.717, 1.165) is 19.0 Å². The Morgan fingerprint density at radius 3 is 2.79 bits per heavy atom. The maximum absolute atomic E-state index is 3.51. The van der Waals surface area contributed by atoms with E-state index in [0.29, 0.717) is 0 Å². The SMILES string of the molecule is CCCC(C)CNCc1ccc(C)s1. The monoisotopic (exact) mass is 211 g/mol. The van der Waals surface area contributed by atoms with Crippen LogP contribution < -0.4 is 5.32 Å². The normalized spacial score (nSPS) is 13.1. The maximum atomic E-state index is 3.51. The summed E-state index contributed by atoms with van der Waals surface area (Å²) in [6.07, 6.45) is 2.62. The Bertz CT molecular complexity index is 255. The van der Waals surface area contributed by atoms with E-state index in [2.05, 4.69) is 38.2 Å². The van der Waals surface area contributed by atoms with Gasteiger partial charge < -0.3 is 5.32 Å². The second kappa shape index (κ2) is 6.20. The molecule has 1 unspecified atom stereocenters. The van der Waals surface area contributed by atoms with Gasteiger partial charge in [-0.3, -0.25) is 0 Å². The van der Waals surface area contributed by atoms with E-state index in [1.54, 1.807) is 0 Å². The highest BCUT2D eigenvalue weighted by Crippen LogP contribution is 2.14. The lowest BCUT2D eigenvalue weighted by atomic mass is 10.1. The van der Waals surface area contributed by atoms with Crippen molar-refractivity contribution in [1.82, 2.24) is 5.32 Å². The van der Waals surface area contributed by atoms with Gasteiger partial charge in [0.05, 0.1) is 0 Å². The number of aryl methyl sites for hydroxylation is 1. The fraction of sp³-hybridized carbons (Fsp3) is 0.667. The van der Waals surface area contributed by atoms with Gasteiger partial charge in [0.1, 0.15) is 0 Å². The van der Waals surface area contributed by atoms with Crippen molar-refractivity contribution in [3.8, 4) is 0 Å². The topological polar surface area (TPSA) is 12.0 Å². The van der Waals surface area contributed by atoms with Gasteiger partial charge in [-0.25, -0.2) is 0 Å². The first kappa shape index (κ1) is 11.7. The first-order valence-electron chi connectivity index (χ1n) is 5.48. The lowest BCUT2D eigenvalue weighted by Gasteiger charge is -2.10. The van der Waals surface area contributed by atoms with Crippen LogP contribution in [0, 0.1) is 12.8 Å². The van der Waals surface area contributed by atoms with E-state index >= 15 is 0 Å². The second-order valence-electron chi connectivity index (χ2n) is 4.04. The van der Waals surface area contributed by atoms with Crippen molar-refractivity contribution >= 4 is 11.3 Å². The second-order valence-corrected chi connectivity index (χ2v) is 5.41. The Labute approximate surface area is 91.5 Å². The van der Waals surface area contributed by atoms with Crippen molar-refractivity contribution in [2.75, 3.05) is 6.54 Å². The largest absolute Gasteiger partial charge is 0.312 e. The highest BCUT2D eigenvalue weighted by molar-refractivity contribution is 7.11. The lowest BCUT2D eigenvalue weighted by molar-refractivity contribution is 0.477. The summed E-state index contributed by atoms with van der Waals surface area (Å²) in [7, 11) is 0. The molecule has 1 heterocycles. The molecular weight excluding hydrogens is 190 g/mol. The Morgan fingerprint density at radius 2 is 2.21 bits per heavy atom. The number of rotatable bonds is 6. The van der Waals surface area contributed by atoms with Gasteiger partial charge in [0.25, 0.3) is 0 Å². The van der Waals surface area contributed by atoms with Crippen LogP contribution in [0.3, 0.4) is 0 Å². The first-order chi connectivity index (χ1) is 6.72. The van der Waals surface area contributed by atoms with Crippen molar-refractivity contribution in [3.05, 3.63) is 21.9 Å². The summed E-state index contributed by atoms with van der Waals surface area (Å²) in [4.78, 5) is 2.86. The smallest absolute Gasteiger partial charge is 0.0299 e. The fourth-order valence-electron chi connectivity index (χ4n) is 1.62. The van der Waals surface area contributed by atoms with Gasteiger partial charge in [-0.1, -0.05) is 20.3 Å². The lowest BCUT2D eigenvalue weighted by Crippen LogP contribution is -2.20. The zero-order valence-electron chi connectivity index (χ0n) is 9.47. The van der Waals surface area contributed by atoms with E-state index in [1.165, 1.54) is 22.6 Å². The molecule has 0 fully saturated rings. The molecule has 0 aliphatic carbocycles. The molecule has 0 saturated carbocycles. The number of nitrogens with one attached hydrogen (secondary N) is 1. The predicted molar refractivity (Wildman–Crippen MR) is 64.8 cm³/mol.